The van der Waals surface area contributed by atoms with Crippen LogP contribution >= 0.6 is 43.6 Å². The summed E-state index contributed by atoms with van der Waals surface area (Å²) in [6, 6.07) is 5.83. The molecule has 0 aromatic carbocycles. The Morgan fingerprint density at radius 3 is 2.50 bits per heavy atom. The largest absolute Gasteiger partial charge is 0.248 e. The van der Waals surface area contributed by atoms with Gasteiger partial charge >= 0.3 is 0 Å². The Bertz CT molecular complexity index is 544. The molecule has 18 heavy (non-hydrogen) atoms. The molecule has 0 bridgehead atoms. The van der Waals surface area contributed by atoms with Crippen LogP contribution in [0.1, 0.15) is 25.6 Å². The van der Waals surface area contributed by atoms with Crippen LogP contribution in [0.4, 0.5) is 0 Å². The van der Waals surface area contributed by atoms with E-state index in [0.717, 1.165) is 25.0 Å². The van der Waals surface area contributed by atoms with Crippen molar-refractivity contribution in [3.63, 3.8) is 0 Å². The lowest BCUT2D eigenvalue weighted by atomic mass is 10.2. The third-order valence-electron chi connectivity index (χ3n) is 2.11. The van der Waals surface area contributed by atoms with Gasteiger partial charge < -0.3 is 0 Å². The van der Waals surface area contributed by atoms with E-state index in [1.54, 1.807) is 6.20 Å². The van der Waals surface area contributed by atoms with Gasteiger partial charge in [0.1, 0.15) is 20.5 Å². The number of halogens is 2. The molecule has 0 N–H and O–H groups in total. The van der Waals surface area contributed by atoms with Crippen LogP contribution in [0.15, 0.2) is 43.5 Å². The molecule has 0 aliphatic carbocycles. The molecule has 0 unspecified atom stereocenters. The molecule has 0 atom stereocenters. The molecule has 2 aromatic heterocycles. The summed E-state index contributed by atoms with van der Waals surface area (Å²) in [6.45, 7) is 4.15. The van der Waals surface area contributed by atoms with Crippen molar-refractivity contribution in [2.24, 2.45) is 0 Å². The van der Waals surface area contributed by atoms with Crippen LogP contribution in [-0.4, -0.2) is 15.0 Å². The van der Waals surface area contributed by atoms with Crippen LogP contribution in [-0.2, 0) is 0 Å². The highest BCUT2D eigenvalue weighted by Crippen LogP contribution is 2.27. The molecule has 94 valence electrons. The summed E-state index contributed by atoms with van der Waals surface area (Å²) in [5.41, 5.74) is 0. The Balaban J connectivity index is 2.26. The van der Waals surface area contributed by atoms with Crippen LogP contribution < -0.4 is 0 Å². The predicted octanol–water partition coefficient (Wildman–Crippen LogP) is 4.67. The van der Waals surface area contributed by atoms with E-state index in [-0.39, 0.29) is 0 Å². The van der Waals surface area contributed by atoms with Crippen molar-refractivity contribution >= 4 is 43.6 Å². The average Bonchev–Trinajstić information content (AvgIpc) is 2.31. The summed E-state index contributed by atoms with van der Waals surface area (Å²) in [5, 5.41) is 1.81. The van der Waals surface area contributed by atoms with Gasteiger partial charge in [0.25, 0.3) is 0 Å². The van der Waals surface area contributed by atoms with Crippen molar-refractivity contribution in [1.82, 2.24) is 15.0 Å². The molecule has 2 aromatic rings. The highest BCUT2D eigenvalue weighted by atomic mass is 79.9. The van der Waals surface area contributed by atoms with Gasteiger partial charge in [-0.1, -0.05) is 13.8 Å². The SMILES string of the molecule is CC(C)c1nc(Br)cc(Sc2ccc(Br)cn2)n1. The van der Waals surface area contributed by atoms with Crippen LogP contribution in [0.25, 0.3) is 0 Å². The second-order valence-electron chi connectivity index (χ2n) is 3.96. The second-order valence-corrected chi connectivity index (χ2v) is 6.73. The smallest absolute Gasteiger partial charge is 0.133 e. The minimum Gasteiger partial charge on any atom is -0.248 e. The van der Waals surface area contributed by atoms with E-state index in [4.69, 9.17) is 0 Å². The maximum atomic E-state index is 4.52. The van der Waals surface area contributed by atoms with Crippen molar-refractivity contribution in [1.29, 1.82) is 0 Å². The molecular weight excluding hydrogens is 378 g/mol. The van der Waals surface area contributed by atoms with Crippen LogP contribution in [0, 0.1) is 0 Å². The van der Waals surface area contributed by atoms with Gasteiger partial charge in [-0.3, -0.25) is 0 Å². The number of aromatic nitrogens is 3. The molecule has 0 aliphatic rings. The zero-order valence-corrected chi connectivity index (χ0v) is 13.9. The molecule has 0 fully saturated rings. The van der Waals surface area contributed by atoms with E-state index in [2.05, 4.69) is 60.7 Å². The quantitative estimate of drug-likeness (QED) is 0.716. The van der Waals surface area contributed by atoms with E-state index < -0.39 is 0 Å². The summed E-state index contributed by atoms with van der Waals surface area (Å²) in [4.78, 5) is 13.2. The van der Waals surface area contributed by atoms with Gasteiger partial charge in [-0.2, -0.15) is 0 Å². The van der Waals surface area contributed by atoms with Crippen molar-refractivity contribution < 1.29 is 0 Å². The third-order valence-corrected chi connectivity index (χ3v) is 3.86. The van der Waals surface area contributed by atoms with E-state index in [1.807, 2.05) is 18.2 Å². The minimum atomic E-state index is 0.305. The summed E-state index contributed by atoms with van der Waals surface area (Å²) in [6.07, 6.45) is 1.78. The fourth-order valence-corrected chi connectivity index (χ4v) is 2.80. The number of pyridine rings is 1. The first-order chi connectivity index (χ1) is 8.54. The molecule has 6 heteroatoms. The van der Waals surface area contributed by atoms with Crippen LogP contribution in [0.2, 0.25) is 0 Å². The Morgan fingerprint density at radius 1 is 1.11 bits per heavy atom. The Labute approximate surface area is 127 Å². The zero-order chi connectivity index (χ0) is 13.1. The lowest BCUT2D eigenvalue weighted by molar-refractivity contribution is 0.747. The second kappa shape index (κ2) is 6.12. The number of hydrogen-bond donors (Lipinski definition) is 0. The van der Waals surface area contributed by atoms with Crippen LogP contribution in [0.3, 0.4) is 0 Å². The normalized spacial score (nSPS) is 10.9. The molecule has 0 radical (unpaired) electrons. The minimum absolute atomic E-state index is 0.305. The Morgan fingerprint density at radius 2 is 1.89 bits per heavy atom. The fourth-order valence-electron chi connectivity index (χ4n) is 1.25. The van der Waals surface area contributed by atoms with Crippen molar-refractivity contribution in [3.8, 4) is 0 Å². The third kappa shape index (κ3) is 3.76. The Hall–Kier alpha value is -0.460. The van der Waals surface area contributed by atoms with E-state index in [1.165, 1.54) is 11.8 Å². The first-order valence-corrected chi connectivity index (χ1v) is 7.79. The summed E-state index contributed by atoms with van der Waals surface area (Å²) in [7, 11) is 0. The highest BCUT2D eigenvalue weighted by molar-refractivity contribution is 9.10. The molecule has 3 nitrogen and oxygen atoms in total. The van der Waals surface area contributed by atoms with Crippen LogP contribution in [0.5, 0.6) is 0 Å². The zero-order valence-electron chi connectivity index (χ0n) is 9.89. The van der Waals surface area contributed by atoms with E-state index in [0.29, 0.717) is 5.92 Å². The van der Waals surface area contributed by atoms with Crippen molar-refractivity contribution in [2.45, 2.75) is 29.8 Å². The fraction of sp³-hybridized carbons (Fsp3) is 0.250. The maximum Gasteiger partial charge on any atom is 0.133 e. The summed E-state index contributed by atoms with van der Waals surface area (Å²) >= 11 is 8.31. The maximum absolute atomic E-state index is 4.52. The first kappa shape index (κ1) is 14.0. The molecule has 2 heterocycles. The molecule has 0 saturated carbocycles. The summed E-state index contributed by atoms with van der Waals surface area (Å²) in [5.74, 6) is 1.14. The number of nitrogens with zero attached hydrogens (tertiary/aromatic N) is 3. The Kier molecular flexibility index (Phi) is 4.75. The van der Waals surface area contributed by atoms with Gasteiger partial charge in [-0.25, -0.2) is 15.0 Å². The number of hydrogen-bond acceptors (Lipinski definition) is 4. The lowest BCUT2D eigenvalue weighted by Crippen LogP contribution is -1.98. The summed E-state index contributed by atoms with van der Waals surface area (Å²) < 4.78 is 1.78. The van der Waals surface area contributed by atoms with Gasteiger partial charge in [0.15, 0.2) is 0 Å². The first-order valence-electron chi connectivity index (χ1n) is 5.38. The highest BCUT2D eigenvalue weighted by Gasteiger charge is 2.08. The van der Waals surface area contributed by atoms with E-state index >= 15 is 0 Å². The van der Waals surface area contributed by atoms with Crippen molar-refractivity contribution in [3.05, 3.63) is 39.3 Å². The predicted molar refractivity (Wildman–Crippen MR) is 79.9 cm³/mol. The van der Waals surface area contributed by atoms with Gasteiger partial charge in [-0.05, 0) is 55.8 Å². The van der Waals surface area contributed by atoms with Crippen molar-refractivity contribution in [2.75, 3.05) is 0 Å². The molecule has 0 amide bonds. The van der Waals surface area contributed by atoms with Gasteiger partial charge in [-0.15, -0.1) is 0 Å². The topological polar surface area (TPSA) is 38.7 Å². The molecule has 0 spiro atoms. The van der Waals surface area contributed by atoms with Gasteiger partial charge in [0.05, 0.1) is 0 Å². The molecule has 0 saturated heterocycles. The average molecular weight is 389 g/mol. The molecular formula is C12H11Br2N3S. The van der Waals surface area contributed by atoms with Gasteiger partial charge in [0.2, 0.25) is 0 Å². The van der Waals surface area contributed by atoms with E-state index in [9.17, 15) is 0 Å². The molecule has 0 aliphatic heterocycles. The monoisotopic (exact) mass is 387 g/mol. The lowest BCUT2D eigenvalue weighted by Gasteiger charge is -2.07. The number of rotatable bonds is 3. The standard InChI is InChI=1S/C12H11Br2N3S/c1-7(2)12-16-9(14)5-11(17-12)18-10-4-3-8(13)6-15-10/h3-7H,1-2H3. The van der Waals surface area contributed by atoms with Gasteiger partial charge in [0, 0.05) is 22.7 Å². The molecule has 2 rings (SSSR count).